The summed E-state index contributed by atoms with van der Waals surface area (Å²) in [5, 5.41) is 2.50. The number of carbonyl (C=O) groups is 1. The molecule has 0 aliphatic rings. The number of nitrogens with one attached hydrogen (secondary N) is 1. The number of amides is 1. The first kappa shape index (κ1) is 23.3. The molecule has 0 bridgehead atoms. The molecule has 3 aromatic rings. The average molecular weight is 509 g/mol. The van der Waals surface area contributed by atoms with Crippen LogP contribution in [-0.2, 0) is 24.4 Å². The van der Waals surface area contributed by atoms with Crippen LogP contribution in [-0.4, -0.2) is 27.7 Å². The molecule has 0 saturated heterocycles. The molecule has 1 aromatic carbocycles. The molecular formula is C21H19BrF2N4O4. The number of nitrogens with zero attached hydrogens (tertiary/aromatic N) is 3. The molecule has 2 aromatic heterocycles. The van der Waals surface area contributed by atoms with E-state index in [1.807, 2.05) is 0 Å². The minimum absolute atomic E-state index is 0.158. The molecule has 0 aliphatic carbocycles. The number of aromatic nitrogens is 3. The summed E-state index contributed by atoms with van der Waals surface area (Å²) >= 11 is 3.23. The summed E-state index contributed by atoms with van der Waals surface area (Å²) < 4.78 is 38.6. The van der Waals surface area contributed by atoms with Crippen LogP contribution in [0.3, 0.4) is 0 Å². The molecule has 0 saturated carbocycles. The molecule has 2 heterocycles. The van der Waals surface area contributed by atoms with Crippen LogP contribution >= 0.6 is 15.9 Å². The summed E-state index contributed by atoms with van der Waals surface area (Å²) in [4.78, 5) is 32.4. The molecule has 3 rings (SSSR count). The van der Waals surface area contributed by atoms with Gasteiger partial charge in [0.15, 0.2) is 0 Å². The van der Waals surface area contributed by atoms with Crippen molar-refractivity contribution in [3.8, 4) is 5.75 Å². The highest BCUT2D eigenvalue weighted by Crippen LogP contribution is 2.24. The lowest BCUT2D eigenvalue weighted by Crippen LogP contribution is -2.25. The van der Waals surface area contributed by atoms with Crippen LogP contribution in [0, 0.1) is 18.6 Å². The summed E-state index contributed by atoms with van der Waals surface area (Å²) in [7, 11) is 1.26. The fourth-order valence-corrected chi connectivity index (χ4v) is 3.21. The highest BCUT2D eigenvalue weighted by molar-refractivity contribution is 9.10. The van der Waals surface area contributed by atoms with Crippen molar-refractivity contribution >= 4 is 22.0 Å². The van der Waals surface area contributed by atoms with E-state index in [0.29, 0.717) is 17.1 Å². The Morgan fingerprint density at radius 2 is 1.91 bits per heavy atom. The lowest BCUT2D eigenvalue weighted by atomic mass is 10.2. The van der Waals surface area contributed by atoms with E-state index in [4.69, 9.17) is 4.74 Å². The van der Waals surface area contributed by atoms with Gasteiger partial charge in [-0.05, 0) is 35.0 Å². The lowest BCUT2D eigenvalue weighted by Gasteiger charge is -2.14. The number of carbonyl (C=O) groups excluding carboxylic acids is 1. The minimum atomic E-state index is -0.727. The molecule has 11 heteroatoms. The molecule has 168 valence electrons. The first-order valence-electron chi connectivity index (χ1n) is 9.36. The van der Waals surface area contributed by atoms with Gasteiger partial charge in [0.25, 0.3) is 5.56 Å². The van der Waals surface area contributed by atoms with Gasteiger partial charge >= 0.3 is 6.09 Å². The molecular weight excluding hydrogens is 490 g/mol. The van der Waals surface area contributed by atoms with Gasteiger partial charge < -0.3 is 19.4 Å². The summed E-state index contributed by atoms with van der Waals surface area (Å²) in [6, 6.07) is 4.83. The van der Waals surface area contributed by atoms with Gasteiger partial charge in [-0.15, -0.1) is 0 Å². The Labute approximate surface area is 190 Å². The number of hydrogen-bond donors (Lipinski definition) is 1. The largest absolute Gasteiger partial charge is 0.487 e. The van der Waals surface area contributed by atoms with E-state index in [1.54, 1.807) is 13.0 Å². The van der Waals surface area contributed by atoms with Crippen molar-refractivity contribution in [2.75, 3.05) is 7.11 Å². The van der Waals surface area contributed by atoms with Gasteiger partial charge in [0, 0.05) is 23.4 Å². The Morgan fingerprint density at radius 1 is 1.19 bits per heavy atom. The Kier molecular flexibility index (Phi) is 7.52. The third kappa shape index (κ3) is 5.67. The molecule has 1 amide bonds. The number of ether oxygens (including phenoxy) is 2. The van der Waals surface area contributed by atoms with Gasteiger partial charge in [-0.1, -0.05) is 0 Å². The van der Waals surface area contributed by atoms with Gasteiger partial charge in [-0.25, -0.2) is 13.6 Å². The number of pyridine rings is 1. The Hall–Kier alpha value is -3.34. The van der Waals surface area contributed by atoms with E-state index in [2.05, 4.69) is 36.0 Å². The zero-order valence-electron chi connectivity index (χ0n) is 17.2. The molecule has 0 aliphatic heterocycles. The molecule has 0 fully saturated rings. The van der Waals surface area contributed by atoms with Crippen molar-refractivity contribution in [1.82, 2.24) is 19.9 Å². The summed E-state index contributed by atoms with van der Waals surface area (Å²) in [5.74, 6) is -1.17. The first-order chi connectivity index (χ1) is 15.3. The van der Waals surface area contributed by atoms with Crippen molar-refractivity contribution in [3.63, 3.8) is 0 Å². The monoisotopic (exact) mass is 508 g/mol. The highest BCUT2D eigenvalue weighted by Gasteiger charge is 2.14. The summed E-state index contributed by atoms with van der Waals surface area (Å²) in [5.41, 5.74) is 1.45. The quantitative estimate of drug-likeness (QED) is 0.524. The maximum atomic E-state index is 13.8. The SMILES string of the molecule is COC(=O)NCc1cnc(Cn2c(C)cc(OCc3ccc(F)cc3F)c(Br)c2=O)cn1. The van der Waals surface area contributed by atoms with Crippen molar-refractivity contribution in [1.29, 1.82) is 0 Å². The second-order valence-electron chi connectivity index (χ2n) is 6.72. The van der Waals surface area contributed by atoms with Gasteiger partial charge in [-0.3, -0.25) is 14.8 Å². The summed E-state index contributed by atoms with van der Waals surface area (Å²) in [6.45, 7) is 1.88. The molecule has 32 heavy (non-hydrogen) atoms. The lowest BCUT2D eigenvalue weighted by molar-refractivity contribution is 0.170. The van der Waals surface area contributed by atoms with Crippen LogP contribution < -0.4 is 15.6 Å². The Bertz CT molecular complexity index is 1190. The molecule has 0 unspecified atom stereocenters. The second-order valence-corrected chi connectivity index (χ2v) is 7.52. The fourth-order valence-electron chi connectivity index (χ4n) is 2.76. The number of rotatable bonds is 7. The van der Waals surface area contributed by atoms with Gasteiger partial charge in [0.05, 0.1) is 44.0 Å². The van der Waals surface area contributed by atoms with E-state index in [9.17, 15) is 18.4 Å². The van der Waals surface area contributed by atoms with Crippen LogP contribution in [0.2, 0.25) is 0 Å². The number of alkyl carbamates (subject to hydrolysis) is 1. The van der Waals surface area contributed by atoms with Crippen molar-refractivity contribution < 1.29 is 23.0 Å². The number of halogens is 3. The maximum absolute atomic E-state index is 13.8. The summed E-state index contributed by atoms with van der Waals surface area (Å²) in [6.07, 6.45) is 2.43. The van der Waals surface area contributed by atoms with Gasteiger partial charge in [0.2, 0.25) is 0 Å². The minimum Gasteiger partial charge on any atom is -0.487 e. The first-order valence-corrected chi connectivity index (χ1v) is 10.2. The van der Waals surface area contributed by atoms with Crippen LogP contribution in [0.15, 0.2) is 45.9 Å². The van der Waals surface area contributed by atoms with Crippen LogP contribution in [0.5, 0.6) is 5.75 Å². The number of aryl methyl sites for hydroxylation is 1. The standard InChI is InChI=1S/C21H19BrF2N4O4/c1-12-5-18(32-11-13-3-4-14(23)6-17(13)24)19(22)20(29)28(12)10-16-9-25-15(7-26-16)8-27-21(30)31-2/h3-7,9H,8,10-11H2,1-2H3,(H,27,30). The van der Waals surface area contributed by atoms with Gasteiger partial charge in [0.1, 0.15) is 28.5 Å². The van der Waals surface area contributed by atoms with E-state index >= 15 is 0 Å². The molecule has 0 radical (unpaired) electrons. The topological polar surface area (TPSA) is 95.3 Å². The third-order valence-electron chi connectivity index (χ3n) is 4.49. The predicted molar refractivity (Wildman–Crippen MR) is 114 cm³/mol. The van der Waals surface area contributed by atoms with Crippen LogP contribution in [0.4, 0.5) is 13.6 Å². The average Bonchev–Trinajstić information content (AvgIpc) is 2.78. The van der Waals surface area contributed by atoms with E-state index in [-0.39, 0.29) is 41.0 Å². The highest BCUT2D eigenvalue weighted by atomic mass is 79.9. The molecule has 0 spiro atoms. The number of hydrogen-bond acceptors (Lipinski definition) is 6. The Morgan fingerprint density at radius 3 is 2.56 bits per heavy atom. The molecule has 8 nitrogen and oxygen atoms in total. The fraction of sp³-hybridized carbons (Fsp3) is 0.238. The van der Waals surface area contributed by atoms with Crippen molar-refractivity contribution in [3.05, 3.63) is 85.8 Å². The van der Waals surface area contributed by atoms with Crippen molar-refractivity contribution in [2.45, 2.75) is 26.6 Å². The smallest absolute Gasteiger partial charge is 0.407 e. The number of methoxy groups -OCH3 is 1. The van der Waals surface area contributed by atoms with Crippen LogP contribution in [0.25, 0.3) is 0 Å². The zero-order chi connectivity index (χ0) is 23.3. The van der Waals surface area contributed by atoms with Crippen molar-refractivity contribution in [2.24, 2.45) is 0 Å². The third-order valence-corrected chi connectivity index (χ3v) is 5.22. The number of benzene rings is 1. The normalized spacial score (nSPS) is 10.7. The second kappa shape index (κ2) is 10.3. The Balaban J connectivity index is 1.72. The van der Waals surface area contributed by atoms with E-state index in [1.165, 1.54) is 30.1 Å². The van der Waals surface area contributed by atoms with Gasteiger partial charge in [-0.2, -0.15) is 0 Å². The van der Waals surface area contributed by atoms with Crippen LogP contribution in [0.1, 0.15) is 22.6 Å². The van der Waals surface area contributed by atoms with E-state index < -0.39 is 17.7 Å². The molecule has 0 atom stereocenters. The molecule has 1 N–H and O–H groups in total. The predicted octanol–water partition coefficient (Wildman–Crippen LogP) is 3.47. The zero-order valence-corrected chi connectivity index (χ0v) is 18.8. The van der Waals surface area contributed by atoms with E-state index in [0.717, 1.165) is 12.1 Å². The maximum Gasteiger partial charge on any atom is 0.407 e.